The first-order chi connectivity index (χ1) is 9.41. The second kappa shape index (κ2) is 7.41. The van der Waals surface area contributed by atoms with Crippen molar-refractivity contribution < 1.29 is 24.4 Å². The minimum Gasteiger partial charge on any atom is -0.480 e. The van der Waals surface area contributed by atoms with Crippen LogP contribution in [0.15, 0.2) is 18.2 Å². The van der Waals surface area contributed by atoms with Crippen molar-refractivity contribution in [1.29, 1.82) is 0 Å². The lowest BCUT2D eigenvalue weighted by molar-refractivity contribution is -0.385. The lowest BCUT2D eigenvalue weighted by Crippen LogP contribution is -2.28. The molecule has 0 aliphatic rings. The Labute approximate surface area is 118 Å². The highest BCUT2D eigenvalue weighted by Crippen LogP contribution is 2.22. The van der Waals surface area contributed by atoms with Gasteiger partial charge in [-0.25, -0.2) is 4.79 Å². The summed E-state index contributed by atoms with van der Waals surface area (Å²) in [5.74, 6) is -1.81. The summed E-state index contributed by atoms with van der Waals surface area (Å²) in [6, 6.07) is 3.64. The number of carbonyl (C=O) groups is 2. The quantitative estimate of drug-likeness (QED) is 0.442. The molecule has 8 nitrogen and oxygen atoms in total. The number of amides is 1. The number of carbonyl (C=O) groups excluding carboxylic acids is 1. The van der Waals surface area contributed by atoms with Gasteiger partial charge in [0.15, 0.2) is 0 Å². The molecule has 0 atom stereocenters. The molecule has 2 N–H and O–H groups in total. The third kappa shape index (κ3) is 4.82. The third-order valence-electron chi connectivity index (χ3n) is 2.16. The first kappa shape index (κ1) is 15.9. The van der Waals surface area contributed by atoms with Crippen molar-refractivity contribution in [1.82, 2.24) is 5.32 Å². The standard InChI is InChI=1S/C11H11ClN2O6/c12-7-1-2-9(14(18)19)8(5-7)11(17)13-3-4-20-6-10(15)16/h1-2,5H,3-4,6H2,(H,13,17)(H,15,16). The van der Waals surface area contributed by atoms with Crippen molar-refractivity contribution >= 4 is 29.2 Å². The maximum Gasteiger partial charge on any atom is 0.329 e. The molecule has 9 heteroatoms. The van der Waals surface area contributed by atoms with E-state index in [-0.39, 0.29) is 29.4 Å². The van der Waals surface area contributed by atoms with Crippen LogP contribution in [0.1, 0.15) is 10.4 Å². The SMILES string of the molecule is O=C(O)COCCNC(=O)c1cc(Cl)ccc1[N+](=O)[O-]. The molecule has 0 aromatic heterocycles. The predicted molar refractivity (Wildman–Crippen MR) is 68.9 cm³/mol. The Balaban J connectivity index is 2.61. The Hall–Kier alpha value is -2.19. The third-order valence-corrected chi connectivity index (χ3v) is 2.39. The molecule has 20 heavy (non-hydrogen) atoms. The van der Waals surface area contributed by atoms with E-state index in [4.69, 9.17) is 21.4 Å². The Morgan fingerprint density at radius 3 is 2.75 bits per heavy atom. The molecule has 108 valence electrons. The van der Waals surface area contributed by atoms with Crippen molar-refractivity contribution in [2.45, 2.75) is 0 Å². The second-order valence-corrected chi connectivity index (χ2v) is 4.06. The van der Waals surface area contributed by atoms with E-state index < -0.39 is 23.4 Å². The van der Waals surface area contributed by atoms with Crippen LogP contribution in [0.2, 0.25) is 5.02 Å². The molecule has 0 radical (unpaired) electrons. The number of rotatable bonds is 7. The smallest absolute Gasteiger partial charge is 0.329 e. The first-order valence-corrected chi connectivity index (χ1v) is 5.81. The van der Waals surface area contributed by atoms with E-state index in [1.807, 2.05) is 0 Å². The average Bonchev–Trinajstić information content (AvgIpc) is 2.37. The minimum absolute atomic E-state index is 0.0214. The van der Waals surface area contributed by atoms with Crippen LogP contribution in [-0.2, 0) is 9.53 Å². The molecule has 0 bridgehead atoms. The topological polar surface area (TPSA) is 119 Å². The van der Waals surface area contributed by atoms with Crippen LogP contribution >= 0.6 is 11.6 Å². The molecule has 0 heterocycles. The monoisotopic (exact) mass is 302 g/mol. The average molecular weight is 303 g/mol. The van der Waals surface area contributed by atoms with Gasteiger partial charge in [-0.05, 0) is 12.1 Å². The van der Waals surface area contributed by atoms with Crippen LogP contribution < -0.4 is 5.32 Å². The van der Waals surface area contributed by atoms with E-state index >= 15 is 0 Å². The lowest BCUT2D eigenvalue weighted by Gasteiger charge is -2.06. The molecule has 0 aliphatic heterocycles. The zero-order chi connectivity index (χ0) is 15.1. The molecular formula is C11H11ClN2O6. The number of carboxylic acid groups (broad SMARTS) is 1. The number of nitrogens with one attached hydrogen (secondary N) is 1. The highest BCUT2D eigenvalue weighted by molar-refractivity contribution is 6.31. The summed E-state index contributed by atoms with van der Waals surface area (Å²) in [4.78, 5) is 32.0. The summed E-state index contributed by atoms with van der Waals surface area (Å²) in [7, 11) is 0. The number of nitro groups is 1. The zero-order valence-electron chi connectivity index (χ0n) is 10.2. The molecule has 0 saturated carbocycles. The van der Waals surface area contributed by atoms with Gasteiger partial charge < -0.3 is 15.2 Å². The van der Waals surface area contributed by atoms with Gasteiger partial charge in [-0.1, -0.05) is 11.6 Å². The Morgan fingerprint density at radius 2 is 2.15 bits per heavy atom. The predicted octanol–water partition coefficient (Wildman–Crippen LogP) is 1.08. The van der Waals surface area contributed by atoms with Gasteiger partial charge in [0.25, 0.3) is 11.6 Å². The second-order valence-electron chi connectivity index (χ2n) is 3.62. The van der Waals surface area contributed by atoms with Gasteiger partial charge in [0, 0.05) is 17.6 Å². The van der Waals surface area contributed by atoms with Gasteiger partial charge in [0.2, 0.25) is 0 Å². The van der Waals surface area contributed by atoms with E-state index in [2.05, 4.69) is 5.32 Å². The van der Waals surface area contributed by atoms with Crippen molar-refractivity contribution in [3.8, 4) is 0 Å². The normalized spacial score (nSPS) is 10.1. The van der Waals surface area contributed by atoms with Crippen molar-refractivity contribution in [2.75, 3.05) is 19.8 Å². The number of nitrogens with zero attached hydrogens (tertiary/aromatic N) is 1. The molecule has 1 rings (SSSR count). The van der Waals surface area contributed by atoms with Gasteiger partial charge in [0.05, 0.1) is 11.5 Å². The van der Waals surface area contributed by atoms with Crippen LogP contribution in [0.25, 0.3) is 0 Å². The summed E-state index contributed by atoms with van der Waals surface area (Å²) < 4.78 is 4.71. The molecule has 0 unspecified atom stereocenters. The highest BCUT2D eigenvalue weighted by Gasteiger charge is 2.20. The Kier molecular flexibility index (Phi) is 5.88. The van der Waals surface area contributed by atoms with Crippen LogP contribution in [0, 0.1) is 10.1 Å². The maximum absolute atomic E-state index is 11.8. The van der Waals surface area contributed by atoms with Gasteiger partial charge >= 0.3 is 5.97 Å². The maximum atomic E-state index is 11.8. The van der Waals surface area contributed by atoms with Gasteiger partial charge in [-0.15, -0.1) is 0 Å². The Bertz CT molecular complexity index is 534. The molecule has 1 amide bonds. The molecule has 1 aromatic carbocycles. The largest absolute Gasteiger partial charge is 0.480 e. The van der Waals surface area contributed by atoms with Crippen molar-refractivity contribution in [2.24, 2.45) is 0 Å². The molecule has 0 fully saturated rings. The fraction of sp³-hybridized carbons (Fsp3) is 0.273. The molecule has 0 spiro atoms. The first-order valence-electron chi connectivity index (χ1n) is 5.43. The van der Waals surface area contributed by atoms with Crippen LogP contribution in [0.5, 0.6) is 0 Å². The van der Waals surface area contributed by atoms with E-state index in [0.29, 0.717) is 0 Å². The van der Waals surface area contributed by atoms with Crippen molar-refractivity contribution in [3.63, 3.8) is 0 Å². The molecule has 0 saturated heterocycles. The van der Waals surface area contributed by atoms with E-state index in [1.54, 1.807) is 0 Å². The van der Waals surface area contributed by atoms with E-state index in [1.165, 1.54) is 12.1 Å². The number of carboxylic acids is 1. The minimum atomic E-state index is -1.12. The molecular weight excluding hydrogens is 292 g/mol. The van der Waals surface area contributed by atoms with Crippen molar-refractivity contribution in [3.05, 3.63) is 38.9 Å². The summed E-state index contributed by atoms with van der Waals surface area (Å²) in [6.07, 6.45) is 0. The van der Waals surface area contributed by atoms with E-state index in [0.717, 1.165) is 6.07 Å². The summed E-state index contributed by atoms with van der Waals surface area (Å²) in [5, 5.41) is 21.7. The Morgan fingerprint density at radius 1 is 1.45 bits per heavy atom. The van der Waals surface area contributed by atoms with Gasteiger partial charge in [0.1, 0.15) is 12.2 Å². The zero-order valence-corrected chi connectivity index (χ0v) is 10.9. The van der Waals surface area contributed by atoms with E-state index in [9.17, 15) is 19.7 Å². The lowest BCUT2D eigenvalue weighted by atomic mass is 10.1. The highest BCUT2D eigenvalue weighted by atomic mass is 35.5. The fourth-order valence-corrected chi connectivity index (χ4v) is 1.51. The number of hydrogen-bond acceptors (Lipinski definition) is 5. The summed E-state index contributed by atoms with van der Waals surface area (Å²) >= 11 is 5.69. The van der Waals surface area contributed by atoms with Crippen LogP contribution in [-0.4, -0.2) is 41.7 Å². The summed E-state index contributed by atoms with van der Waals surface area (Å²) in [6.45, 7) is -0.477. The number of benzene rings is 1. The number of halogens is 1. The summed E-state index contributed by atoms with van der Waals surface area (Å²) in [5.41, 5.74) is -0.529. The number of nitro benzene ring substituents is 1. The molecule has 0 aliphatic carbocycles. The van der Waals surface area contributed by atoms with Crippen LogP contribution in [0.4, 0.5) is 5.69 Å². The number of aliphatic carboxylic acids is 1. The molecule has 1 aromatic rings. The fourth-order valence-electron chi connectivity index (χ4n) is 1.34. The number of ether oxygens (including phenoxy) is 1. The number of hydrogen-bond donors (Lipinski definition) is 2. The van der Waals surface area contributed by atoms with Crippen LogP contribution in [0.3, 0.4) is 0 Å². The van der Waals surface area contributed by atoms with Gasteiger partial charge in [-0.2, -0.15) is 0 Å². The van der Waals surface area contributed by atoms with Gasteiger partial charge in [-0.3, -0.25) is 14.9 Å².